The van der Waals surface area contributed by atoms with Crippen molar-refractivity contribution in [1.29, 1.82) is 0 Å². The van der Waals surface area contributed by atoms with Crippen molar-refractivity contribution in [2.45, 2.75) is 13.8 Å². The van der Waals surface area contributed by atoms with Crippen LogP contribution in [0.2, 0.25) is 0 Å². The minimum Gasteiger partial charge on any atom is -0.366 e. The first kappa shape index (κ1) is 18.9. The van der Waals surface area contributed by atoms with E-state index in [0.717, 1.165) is 11.3 Å². The molecule has 6 heteroatoms. The molecule has 2 aromatic carbocycles. The van der Waals surface area contributed by atoms with Crippen LogP contribution in [0.25, 0.3) is 0 Å². The maximum absolute atomic E-state index is 13.9. The second kappa shape index (κ2) is 8.20. The molecule has 0 radical (unpaired) electrons. The third-order valence-corrected chi connectivity index (χ3v) is 4.82. The van der Waals surface area contributed by atoms with Crippen molar-refractivity contribution in [1.82, 2.24) is 4.90 Å². The minimum atomic E-state index is -0.526. The van der Waals surface area contributed by atoms with Crippen molar-refractivity contribution in [2.24, 2.45) is 0 Å². The summed E-state index contributed by atoms with van der Waals surface area (Å²) < 4.78 is 13.9. The van der Waals surface area contributed by atoms with Gasteiger partial charge in [-0.25, -0.2) is 4.39 Å². The molecule has 1 aliphatic rings. The summed E-state index contributed by atoms with van der Waals surface area (Å²) in [5, 5.41) is 0. The molecule has 1 heterocycles. The number of carbonyl (C=O) groups is 2. The Bertz CT molecular complexity index is 832. The lowest BCUT2D eigenvalue weighted by Crippen LogP contribution is -2.53. The van der Waals surface area contributed by atoms with Crippen LogP contribution in [0.3, 0.4) is 0 Å². The van der Waals surface area contributed by atoms with Crippen molar-refractivity contribution in [3.05, 3.63) is 59.9 Å². The fourth-order valence-corrected chi connectivity index (χ4v) is 3.35. The molecule has 0 bridgehead atoms. The van der Waals surface area contributed by atoms with Crippen molar-refractivity contribution in [3.8, 4) is 0 Å². The highest BCUT2D eigenvalue weighted by Crippen LogP contribution is 2.21. The van der Waals surface area contributed by atoms with E-state index in [1.165, 1.54) is 11.0 Å². The highest BCUT2D eigenvalue weighted by Gasteiger charge is 2.30. The lowest BCUT2D eigenvalue weighted by molar-refractivity contribution is -0.144. The number of halogens is 1. The number of amides is 2. The normalized spacial score (nSPS) is 14.2. The van der Waals surface area contributed by atoms with Crippen LogP contribution in [0.4, 0.5) is 15.8 Å². The number of hydrogen-bond donors (Lipinski definition) is 0. The highest BCUT2D eigenvalue weighted by atomic mass is 19.1. The molecule has 0 N–H and O–H groups in total. The molecule has 0 aliphatic carbocycles. The number of likely N-dealkylation sites (N-methyl/N-ethyl adjacent to an activating group) is 1. The van der Waals surface area contributed by atoms with Crippen LogP contribution in [-0.4, -0.2) is 49.4 Å². The van der Waals surface area contributed by atoms with Crippen LogP contribution in [0.15, 0.2) is 48.5 Å². The van der Waals surface area contributed by atoms with Crippen LogP contribution < -0.4 is 9.80 Å². The van der Waals surface area contributed by atoms with Gasteiger partial charge in [0.2, 0.25) is 0 Å². The Labute approximate surface area is 159 Å². The van der Waals surface area contributed by atoms with Gasteiger partial charge in [-0.15, -0.1) is 0 Å². The zero-order valence-corrected chi connectivity index (χ0v) is 15.7. The molecule has 3 rings (SSSR count). The number of piperazine rings is 1. The average Bonchev–Trinajstić information content (AvgIpc) is 2.68. The fraction of sp³-hybridized carbons (Fsp3) is 0.333. The number of anilines is 2. The summed E-state index contributed by atoms with van der Waals surface area (Å²) in [6.45, 7) is 6.00. The van der Waals surface area contributed by atoms with Gasteiger partial charge in [0.1, 0.15) is 5.82 Å². The Hall–Kier alpha value is -2.89. The molecule has 0 aromatic heterocycles. The molecular formula is C21H24FN3O2. The van der Waals surface area contributed by atoms with Gasteiger partial charge in [0.05, 0.1) is 5.69 Å². The number of hydrogen-bond acceptors (Lipinski definition) is 3. The molecule has 5 nitrogen and oxygen atoms in total. The van der Waals surface area contributed by atoms with Gasteiger partial charge in [-0.1, -0.05) is 24.3 Å². The fourth-order valence-electron chi connectivity index (χ4n) is 3.35. The molecule has 0 atom stereocenters. The Morgan fingerprint density at radius 2 is 1.74 bits per heavy atom. The van der Waals surface area contributed by atoms with Crippen LogP contribution in [0.1, 0.15) is 12.5 Å². The summed E-state index contributed by atoms with van der Waals surface area (Å²) >= 11 is 0. The van der Waals surface area contributed by atoms with Gasteiger partial charge in [0.25, 0.3) is 0 Å². The predicted octanol–water partition coefficient (Wildman–Crippen LogP) is 2.84. The Balaban J connectivity index is 1.66. The largest absolute Gasteiger partial charge is 0.366 e. The number of benzene rings is 2. The van der Waals surface area contributed by atoms with Gasteiger partial charge in [-0.2, -0.15) is 0 Å². The highest BCUT2D eigenvalue weighted by molar-refractivity contribution is 6.40. The van der Waals surface area contributed by atoms with E-state index in [1.807, 2.05) is 43.0 Å². The molecule has 1 fully saturated rings. The molecular weight excluding hydrogens is 345 g/mol. The molecule has 1 aliphatic heterocycles. The molecule has 142 valence electrons. The van der Waals surface area contributed by atoms with E-state index in [-0.39, 0.29) is 5.82 Å². The predicted molar refractivity (Wildman–Crippen MR) is 104 cm³/mol. The van der Waals surface area contributed by atoms with E-state index in [9.17, 15) is 14.0 Å². The van der Waals surface area contributed by atoms with E-state index in [2.05, 4.69) is 0 Å². The van der Waals surface area contributed by atoms with Gasteiger partial charge >= 0.3 is 11.8 Å². The topological polar surface area (TPSA) is 43.9 Å². The van der Waals surface area contributed by atoms with Crippen molar-refractivity contribution in [3.63, 3.8) is 0 Å². The summed E-state index contributed by atoms with van der Waals surface area (Å²) in [7, 11) is 0. The van der Waals surface area contributed by atoms with Crippen LogP contribution in [-0.2, 0) is 9.59 Å². The SMILES string of the molecule is CCN(C(=O)C(=O)N1CCN(c2ccccc2F)CC1)c1cccc(C)c1. The standard InChI is InChI=1S/C21H24FN3O2/c1-3-25(17-8-6-7-16(2)15-17)21(27)20(26)24-13-11-23(12-14-24)19-10-5-4-9-18(19)22/h4-10,15H,3,11-14H2,1-2H3. The molecule has 0 spiro atoms. The lowest BCUT2D eigenvalue weighted by atomic mass is 10.2. The van der Waals surface area contributed by atoms with Crippen LogP contribution >= 0.6 is 0 Å². The maximum atomic E-state index is 13.9. The number of carbonyl (C=O) groups excluding carboxylic acids is 2. The minimum absolute atomic E-state index is 0.273. The van der Waals surface area contributed by atoms with Crippen molar-refractivity contribution in [2.75, 3.05) is 42.5 Å². The summed E-state index contributed by atoms with van der Waals surface area (Å²) in [5.74, 6) is -1.31. The quantitative estimate of drug-likeness (QED) is 0.782. The summed E-state index contributed by atoms with van der Waals surface area (Å²) in [6.07, 6.45) is 0. The number of para-hydroxylation sites is 1. The number of nitrogens with zero attached hydrogens (tertiary/aromatic N) is 3. The second-order valence-electron chi connectivity index (χ2n) is 6.62. The van der Waals surface area contributed by atoms with Gasteiger partial charge in [0.15, 0.2) is 0 Å². The van der Waals surface area contributed by atoms with Gasteiger partial charge < -0.3 is 14.7 Å². The van der Waals surface area contributed by atoms with Crippen LogP contribution in [0, 0.1) is 12.7 Å². The number of aryl methyl sites for hydroxylation is 1. The third kappa shape index (κ3) is 4.10. The van der Waals surface area contributed by atoms with Gasteiger partial charge in [0, 0.05) is 38.4 Å². The first-order valence-corrected chi connectivity index (χ1v) is 9.18. The summed E-state index contributed by atoms with van der Waals surface area (Å²) in [4.78, 5) is 30.4. The van der Waals surface area contributed by atoms with E-state index in [4.69, 9.17) is 0 Å². The monoisotopic (exact) mass is 369 g/mol. The van der Waals surface area contributed by atoms with Gasteiger partial charge in [-0.3, -0.25) is 9.59 Å². The molecule has 27 heavy (non-hydrogen) atoms. The first-order chi connectivity index (χ1) is 13.0. The zero-order chi connectivity index (χ0) is 19.4. The Morgan fingerprint density at radius 3 is 2.37 bits per heavy atom. The lowest BCUT2D eigenvalue weighted by Gasteiger charge is -2.36. The molecule has 2 aromatic rings. The second-order valence-corrected chi connectivity index (χ2v) is 6.62. The maximum Gasteiger partial charge on any atom is 0.316 e. The summed E-state index contributed by atoms with van der Waals surface area (Å²) in [5.41, 5.74) is 2.29. The van der Waals surface area contributed by atoms with Crippen LogP contribution in [0.5, 0.6) is 0 Å². The molecule has 2 amide bonds. The van der Waals surface area contributed by atoms with E-state index in [1.54, 1.807) is 23.1 Å². The Morgan fingerprint density at radius 1 is 1.04 bits per heavy atom. The zero-order valence-electron chi connectivity index (χ0n) is 15.7. The first-order valence-electron chi connectivity index (χ1n) is 9.18. The smallest absolute Gasteiger partial charge is 0.316 e. The van der Waals surface area contributed by atoms with Crippen molar-refractivity contribution >= 4 is 23.2 Å². The van der Waals surface area contributed by atoms with Gasteiger partial charge in [-0.05, 0) is 43.7 Å². The van der Waals surface area contributed by atoms with E-state index < -0.39 is 11.8 Å². The Kier molecular flexibility index (Phi) is 5.74. The average molecular weight is 369 g/mol. The van der Waals surface area contributed by atoms with Crippen molar-refractivity contribution < 1.29 is 14.0 Å². The molecule has 1 saturated heterocycles. The third-order valence-electron chi connectivity index (χ3n) is 4.82. The summed E-state index contributed by atoms with van der Waals surface area (Å²) in [6, 6.07) is 14.2. The van der Waals surface area contributed by atoms with E-state index in [0.29, 0.717) is 38.4 Å². The van der Waals surface area contributed by atoms with E-state index >= 15 is 0 Å². The number of rotatable bonds is 3. The molecule has 0 saturated carbocycles. The molecule has 0 unspecified atom stereocenters.